The highest BCUT2D eigenvalue weighted by molar-refractivity contribution is 7.90. The van der Waals surface area contributed by atoms with E-state index in [9.17, 15) is 17.6 Å². The smallest absolute Gasteiger partial charge is 0.281 e. The second-order valence-electron chi connectivity index (χ2n) is 8.56. The van der Waals surface area contributed by atoms with E-state index in [-0.39, 0.29) is 28.5 Å². The Hall–Kier alpha value is -4.51. The highest BCUT2D eigenvalue weighted by Gasteiger charge is 2.25. The van der Waals surface area contributed by atoms with Crippen molar-refractivity contribution in [1.29, 1.82) is 0 Å². The average molecular weight is 537 g/mol. The lowest BCUT2D eigenvalue weighted by molar-refractivity contribution is 0.0978. The summed E-state index contributed by atoms with van der Waals surface area (Å²) in [5.41, 5.74) is 8.20. The third-order valence-corrected chi connectivity index (χ3v) is 6.84. The molecule has 11 heteroatoms. The largest absolute Gasteiger partial charge is 0.497 e. The number of nitrogens with two attached hydrogens (primary N) is 1. The Morgan fingerprint density at radius 3 is 2.34 bits per heavy atom. The van der Waals surface area contributed by atoms with Crippen LogP contribution in [-0.4, -0.2) is 31.4 Å². The minimum absolute atomic E-state index is 0.0268. The number of halogens is 1. The van der Waals surface area contributed by atoms with Gasteiger partial charge in [-0.25, -0.2) is 19.1 Å². The highest BCUT2D eigenvalue weighted by atomic mass is 32.2. The number of carbonyl (C=O) groups is 1. The van der Waals surface area contributed by atoms with Crippen molar-refractivity contribution in [3.8, 4) is 28.6 Å². The van der Waals surface area contributed by atoms with Crippen molar-refractivity contribution in [2.45, 2.75) is 25.8 Å². The fourth-order valence-corrected chi connectivity index (χ4v) is 4.84. The molecule has 196 valence electrons. The van der Waals surface area contributed by atoms with E-state index in [1.165, 1.54) is 55.6 Å². The number of hydrogen-bond acceptors (Lipinski definition) is 8. The van der Waals surface area contributed by atoms with Crippen LogP contribution in [0.15, 0.2) is 65.7 Å². The Kier molecular flexibility index (Phi) is 7.31. The molecule has 0 aliphatic rings. The fraction of sp³-hybridized carbons (Fsp3) is 0.148. The number of anilines is 1. The van der Waals surface area contributed by atoms with Crippen LogP contribution in [0.2, 0.25) is 0 Å². The Morgan fingerprint density at radius 2 is 1.68 bits per heavy atom. The molecule has 2 heterocycles. The second-order valence-corrected chi connectivity index (χ2v) is 10.2. The number of hydrogen-bond donors (Lipinski definition) is 2. The van der Waals surface area contributed by atoms with E-state index in [1.54, 1.807) is 0 Å². The molecule has 1 amide bonds. The van der Waals surface area contributed by atoms with Gasteiger partial charge >= 0.3 is 0 Å². The molecule has 0 unspecified atom stereocenters. The molecule has 0 atom stereocenters. The molecule has 2 aromatic carbocycles. The number of nitrogens with one attached hydrogen (secondary N) is 1. The monoisotopic (exact) mass is 536 g/mol. The van der Waals surface area contributed by atoms with Crippen LogP contribution < -0.4 is 19.9 Å². The van der Waals surface area contributed by atoms with E-state index in [4.69, 9.17) is 15.2 Å². The summed E-state index contributed by atoms with van der Waals surface area (Å²) in [5.74, 6) is -0.996. The summed E-state index contributed by atoms with van der Waals surface area (Å²) in [7, 11) is -2.92. The Bertz CT molecular complexity index is 1630. The van der Waals surface area contributed by atoms with Crippen LogP contribution in [0.5, 0.6) is 17.4 Å². The lowest BCUT2D eigenvalue weighted by Gasteiger charge is -2.16. The zero-order chi connectivity index (χ0) is 27.6. The first kappa shape index (κ1) is 26.6. The molecule has 0 spiro atoms. The predicted molar refractivity (Wildman–Crippen MR) is 140 cm³/mol. The fourth-order valence-electron chi connectivity index (χ4n) is 3.90. The number of nitrogen functional groups attached to an aromatic ring is 1. The molecule has 0 fully saturated rings. The van der Waals surface area contributed by atoms with Gasteiger partial charge in [0.05, 0.1) is 12.8 Å². The standard InChI is InChI=1S/C27H25FN4O5S/c1-15-12-16(2)25(17(3)13-15)37-27-19(26(33)32-38(34,35)24-7-5-6-23(29)31-24)9-11-22(30-27)20-14-18(36-4)8-10-21(20)28/h5-14H,1-4H3,(H2,29,31)(H,32,33). The number of sulfonamides is 1. The van der Waals surface area contributed by atoms with Gasteiger partial charge in [-0.15, -0.1) is 0 Å². The van der Waals surface area contributed by atoms with Gasteiger partial charge in [-0.3, -0.25) is 4.79 Å². The van der Waals surface area contributed by atoms with Gasteiger partial charge in [0.2, 0.25) is 5.88 Å². The molecule has 0 aliphatic heterocycles. The van der Waals surface area contributed by atoms with Gasteiger partial charge in [-0.05, 0) is 74.4 Å². The zero-order valence-corrected chi connectivity index (χ0v) is 21.9. The molecule has 3 N–H and O–H groups in total. The molecule has 0 radical (unpaired) electrons. The van der Waals surface area contributed by atoms with Gasteiger partial charge in [0.25, 0.3) is 15.9 Å². The van der Waals surface area contributed by atoms with Gasteiger partial charge in [-0.2, -0.15) is 8.42 Å². The van der Waals surface area contributed by atoms with E-state index >= 15 is 0 Å². The van der Waals surface area contributed by atoms with Crippen LogP contribution in [0, 0.1) is 26.6 Å². The molecule has 0 aliphatic carbocycles. The SMILES string of the molecule is COc1ccc(F)c(-c2ccc(C(=O)NS(=O)(=O)c3cccc(N)n3)c(Oc3c(C)cc(C)cc3C)n2)c1. The van der Waals surface area contributed by atoms with E-state index in [1.807, 2.05) is 37.6 Å². The minimum Gasteiger partial charge on any atom is -0.497 e. The molecule has 4 aromatic rings. The maximum Gasteiger partial charge on any atom is 0.281 e. The summed E-state index contributed by atoms with van der Waals surface area (Å²) in [5, 5.41) is -0.429. The Balaban J connectivity index is 1.81. The number of benzene rings is 2. The Labute approximate surface area is 219 Å². The van der Waals surface area contributed by atoms with Crippen molar-refractivity contribution in [1.82, 2.24) is 14.7 Å². The van der Waals surface area contributed by atoms with E-state index in [0.717, 1.165) is 16.7 Å². The molecule has 9 nitrogen and oxygen atoms in total. The summed E-state index contributed by atoms with van der Waals surface area (Å²) in [6.07, 6.45) is 0. The number of ether oxygens (including phenoxy) is 2. The first-order chi connectivity index (χ1) is 18.0. The highest BCUT2D eigenvalue weighted by Crippen LogP contribution is 2.34. The van der Waals surface area contributed by atoms with Crippen LogP contribution in [0.25, 0.3) is 11.3 Å². The van der Waals surface area contributed by atoms with Crippen molar-refractivity contribution < 1.29 is 27.1 Å². The van der Waals surface area contributed by atoms with Gasteiger partial charge in [0, 0.05) is 5.56 Å². The third kappa shape index (κ3) is 5.57. The van der Waals surface area contributed by atoms with Gasteiger partial charge < -0.3 is 15.2 Å². The van der Waals surface area contributed by atoms with Crippen LogP contribution in [0.3, 0.4) is 0 Å². The van der Waals surface area contributed by atoms with E-state index < -0.39 is 26.8 Å². The number of rotatable bonds is 7. The first-order valence-corrected chi connectivity index (χ1v) is 12.9. The van der Waals surface area contributed by atoms with Crippen LogP contribution in [-0.2, 0) is 10.0 Å². The lowest BCUT2D eigenvalue weighted by Crippen LogP contribution is -2.31. The molecule has 0 saturated carbocycles. The molecule has 0 bridgehead atoms. The van der Waals surface area contributed by atoms with Gasteiger partial charge in [0.15, 0.2) is 5.03 Å². The van der Waals surface area contributed by atoms with E-state index in [0.29, 0.717) is 11.5 Å². The first-order valence-electron chi connectivity index (χ1n) is 11.4. The number of nitrogens with zero attached hydrogens (tertiary/aromatic N) is 2. The lowest BCUT2D eigenvalue weighted by atomic mass is 10.1. The summed E-state index contributed by atoms with van der Waals surface area (Å²) < 4.78 is 53.6. The van der Waals surface area contributed by atoms with Crippen molar-refractivity contribution in [2.24, 2.45) is 0 Å². The van der Waals surface area contributed by atoms with Crippen molar-refractivity contribution in [3.63, 3.8) is 0 Å². The topological polar surface area (TPSA) is 134 Å². The zero-order valence-electron chi connectivity index (χ0n) is 21.1. The molecular weight excluding hydrogens is 511 g/mol. The number of carbonyl (C=O) groups excluding carboxylic acids is 1. The number of methoxy groups -OCH3 is 1. The summed E-state index contributed by atoms with van der Waals surface area (Å²) >= 11 is 0. The molecule has 0 saturated heterocycles. The summed E-state index contributed by atoms with van der Waals surface area (Å²) in [4.78, 5) is 21.4. The third-order valence-electron chi connectivity index (χ3n) is 5.61. The number of aromatic nitrogens is 2. The maximum atomic E-state index is 14.7. The summed E-state index contributed by atoms with van der Waals surface area (Å²) in [6.45, 7) is 5.59. The van der Waals surface area contributed by atoms with Crippen LogP contribution >= 0.6 is 0 Å². The molecule has 4 rings (SSSR count). The average Bonchev–Trinajstić information content (AvgIpc) is 2.86. The van der Waals surface area contributed by atoms with Crippen LogP contribution in [0.4, 0.5) is 10.2 Å². The predicted octanol–water partition coefficient (Wildman–Crippen LogP) is 4.71. The van der Waals surface area contributed by atoms with Crippen molar-refractivity contribution >= 4 is 21.7 Å². The maximum absolute atomic E-state index is 14.7. The van der Waals surface area contributed by atoms with Crippen molar-refractivity contribution in [3.05, 3.63) is 88.7 Å². The van der Waals surface area contributed by atoms with E-state index in [2.05, 4.69) is 9.97 Å². The molecular formula is C27H25FN4O5S. The van der Waals surface area contributed by atoms with Gasteiger partial charge in [0.1, 0.15) is 28.7 Å². The van der Waals surface area contributed by atoms with Crippen molar-refractivity contribution in [2.75, 3.05) is 12.8 Å². The Morgan fingerprint density at radius 1 is 0.974 bits per heavy atom. The minimum atomic E-state index is -4.37. The summed E-state index contributed by atoms with van der Waals surface area (Å²) in [6, 6.07) is 14.7. The number of amides is 1. The quantitative estimate of drug-likeness (QED) is 0.347. The molecule has 2 aromatic heterocycles. The number of aryl methyl sites for hydroxylation is 3. The second kappa shape index (κ2) is 10.5. The van der Waals surface area contributed by atoms with Gasteiger partial charge in [-0.1, -0.05) is 23.8 Å². The normalized spacial score (nSPS) is 11.2. The molecule has 38 heavy (non-hydrogen) atoms. The van der Waals surface area contributed by atoms with Crippen LogP contribution in [0.1, 0.15) is 27.0 Å². The number of pyridine rings is 2.